The third-order valence-electron chi connectivity index (χ3n) is 5.11. The molecule has 0 radical (unpaired) electrons. The summed E-state index contributed by atoms with van der Waals surface area (Å²) in [5.41, 5.74) is 1.92. The van der Waals surface area contributed by atoms with Crippen molar-refractivity contribution in [2.75, 3.05) is 41.7 Å². The van der Waals surface area contributed by atoms with Crippen LogP contribution in [0, 0.1) is 19.7 Å². The molecule has 1 aliphatic rings. The average molecular weight is 421 g/mol. The third kappa shape index (κ3) is 5.06. The number of hydrogen-bond donors (Lipinski definition) is 2. The smallest absolute Gasteiger partial charge is 0.321 e. The molecule has 0 aliphatic carbocycles. The van der Waals surface area contributed by atoms with Crippen molar-refractivity contribution in [3.8, 4) is 0 Å². The Labute approximate surface area is 180 Å². The number of aryl methyl sites for hydroxylation is 2. The first kappa shape index (κ1) is 20.5. The van der Waals surface area contributed by atoms with Crippen LogP contribution < -0.4 is 15.5 Å². The number of anilines is 4. The van der Waals surface area contributed by atoms with Crippen LogP contribution in [0.3, 0.4) is 0 Å². The van der Waals surface area contributed by atoms with Crippen LogP contribution >= 0.6 is 0 Å². The van der Waals surface area contributed by atoms with Crippen molar-refractivity contribution in [3.63, 3.8) is 0 Å². The highest BCUT2D eigenvalue weighted by Gasteiger charge is 2.22. The molecule has 0 unspecified atom stereocenters. The van der Waals surface area contributed by atoms with Gasteiger partial charge in [0, 0.05) is 37.6 Å². The van der Waals surface area contributed by atoms with Gasteiger partial charge in [0.05, 0.1) is 0 Å². The summed E-state index contributed by atoms with van der Waals surface area (Å²) in [6.07, 6.45) is 0. The predicted molar refractivity (Wildman–Crippen MR) is 118 cm³/mol. The largest absolute Gasteiger partial charge is 0.352 e. The number of rotatable bonds is 4. The number of amides is 2. The monoisotopic (exact) mass is 421 g/mol. The van der Waals surface area contributed by atoms with E-state index in [0.717, 1.165) is 17.3 Å². The summed E-state index contributed by atoms with van der Waals surface area (Å²) in [5, 5.41) is 14.4. The van der Waals surface area contributed by atoms with Crippen LogP contribution in [0.2, 0.25) is 0 Å². The molecular formula is C22H24FN7O. The summed E-state index contributed by atoms with van der Waals surface area (Å²) in [4.78, 5) is 20.7. The molecule has 3 heterocycles. The molecule has 160 valence electrons. The first-order chi connectivity index (χ1) is 15.0. The van der Waals surface area contributed by atoms with Crippen molar-refractivity contribution in [2.24, 2.45) is 0 Å². The zero-order valence-electron chi connectivity index (χ0n) is 17.5. The summed E-state index contributed by atoms with van der Waals surface area (Å²) in [7, 11) is 0. The molecule has 1 aliphatic heterocycles. The molecule has 1 fully saturated rings. The minimum atomic E-state index is -0.336. The zero-order chi connectivity index (χ0) is 21.8. The molecule has 0 bridgehead atoms. The van der Waals surface area contributed by atoms with Crippen molar-refractivity contribution in [1.82, 2.24) is 20.1 Å². The predicted octanol–water partition coefficient (Wildman–Crippen LogP) is 3.73. The van der Waals surface area contributed by atoms with Gasteiger partial charge >= 0.3 is 6.03 Å². The highest BCUT2D eigenvalue weighted by molar-refractivity contribution is 5.89. The topological polar surface area (TPSA) is 86.3 Å². The first-order valence-electron chi connectivity index (χ1n) is 10.1. The van der Waals surface area contributed by atoms with Crippen LogP contribution in [0.4, 0.5) is 32.3 Å². The van der Waals surface area contributed by atoms with Gasteiger partial charge in [0.2, 0.25) is 0 Å². The minimum Gasteiger partial charge on any atom is -0.352 e. The second-order valence-corrected chi connectivity index (χ2v) is 7.43. The lowest BCUT2D eigenvalue weighted by Crippen LogP contribution is -2.50. The summed E-state index contributed by atoms with van der Waals surface area (Å²) in [5.74, 6) is 1.75. The van der Waals surface area contributed by atoms with Gasteiger partial charge in [-0.2, -0.15) is 0 Å². The van der Waals surface area contributed by atoms with Crippen LogP contribution in [-0.2, 0) is 0 Å². The van der Waals surface area contributed by atoms with Gasteiger partial charge in [-0.1, -0.05) is 12.1 Å². The fourth-order valence-electron chi connectivity index (χ4n) is 3.32. The lowest BCUT2D eigenvalue weighted by atomic mass is 10.2. The van der Waals surface area contributed by atoms with Crippen molar-refractivity contribution in [2.45, 2.75) is 13.8 Å². The fourth-order valence-corrected chi connectivity index (χ4v) is 3.32. The zero-order valence-corrected chi connectivity index (χ0v) is 17.5. The van der Waals surface area contributed by atoms with Crippen LogP contribution in [0.15, 0.2) is 48.5 Å². The molecule has 0 spiro atoms. The molecule has 2 amide bonds. The summed E-state index contributed by atoms with van der Waals surface area (Å²) >= 11 is 0. The minimum absolute atomic E-state index is 0.237. The highest BCUT2D eigenvalue weighted by Crippen LogP contribution is 2.18. The Kier molecular flexibility index (Phi) is 5.92. The number of aromatic nitrogens is 3. The van der Waals surface area contributed by atoms with Gasteiger partial charge in [-0.15, -0.1) is 10.2 Å². The van der Waals surface area contributed by atoms with E-state index in [1.54, 1.807) is 24.0 Å². The Hall–Kier alpha value is -3.75. The Balaban J connectivity index is 1.31. The van der Waals surface area contributed by atoms with E-state index in [1.165, 1.54) is 6.07 Å². The molecular weight excluding hydrogens is 397 g/mol. The second kappa shape index (κ2) is 8.95. The summed E-state index contributed by atoms with van der Waals surface area (Å²) in [6.45, 7) is 5.96. The van der Waals surface area contributed by atoms with Crippen molar-refractivity contribution >= 4 is 29.2 Å². The number of carbonyl (C=O) groups is 1. The van der Waals surface area contributed by atoms with Crippen molar-refractivity contribution in [1.29, 1.82) is 0 Å². The third-order valence-corrected chi connectivity index (χ3v) is 5.11. The highest BCUT2D eigenvalue weighted by atomic mass is 19.1. The standard InChI is InChI=1S/C22H24FN7O/c1-15-6-7-17(14-18(15)23)25-22(31)30-12-10-29(11-13-30)21-9-8-20(27-28-21)26-19-5-3-4-16(2)24-19/h3-9,14H,10-13H2,1-2H3,(H,25,31)(H,24,26,27). The number of benzene rings is 1. The number of carbonyl (C=O) groups excluding carboxylic acids is 1. The SMILES string of the molecule is Cc1cccc(Nc2ccc(N3CCN(C(=O)Nc4ccc(C)c(F)c4)CC3)nn2)n1. The van der Waals surface area contributed by atoms with Gasteiger partial charge in [0.15, 0.2) is 11.6 Å². The Bertz CT molecular complexity index is 1070. The lowest BCUT2D eigenvalue weighted by molar-refractivity contribution is 0.208. The van der Waals surface area contributed by atoms with Gasteiger partial charge in [-0.05, 0) is 55.8 Å². The number of piperazine rings is 1. The normalized spacial score (nSPS) is 13.8. The van der Waals surface area contributed by atoms with E-state index in [0.29, 0.717) is 43.2 Å². The number of nitrogens with one attached hydrogen (secondary N) is 2. The van der Waals surface area contributed by atoms with Crippen LogP contribution in [0.1, 0.15) is 11.3 Å². The molecule has 9 heteroatoms. The van der Waals surface area contributed by atoms with E-state index in [1.807, 2.05) is 37.3 Å². The maximum absolute atomic E-state index is 13.7. The van der Waals surface area contributed by atoms with Gasteiger partial charge < -0.3 is 20.4 Å². The molecule has 0 saturated carbocycles. The average Bonchev–Trinajstić information content (AvgIpc) is 2.77. The van der Waals surface area contributed by atoms with E-state index in [-0.39, 0.29) is 11.8 Å². The number of pyridine rings is 1. The van der Waals surface area contributed by atoms with Crippen LogP contribution in [0.5, 0.6) is 0 Å². The van der Waals surface area contributed by atoms with Crippen LogP contribution in [0.25, 0.3) is 0 Å². The maximum atomic E-state index is 13.7. The molecule has 3 aromatic rings. The van der Waals surface area contributed by atoms with E-state index < -0.39 is 0 Å². The molecule has 2 aromatic heterocycles. The summed E-state index contributed by atoms with van der Waals surface area (Å²) < 4.78 is 13.7. The molecule has 1 aromatic carbocycles. The molecule has 0 atom stereocenters. The van der Waals surface area contributed by atoms with E-state index in [2.05, 4.69) is 30.7 Å². The number of urea groups is 1. The Morgan fingerprint density at radius 2 is 1.77 bits per heavy atom. The number of nitrogens with zero attached hydrogens (tertiary/aromatic N) is 5. The van der Waals surface area contributed by atoms with Crippen LogP contribution in [-0.4, -0.2) is 52.3 Å². The maximum Gasteiger partial charge on any atom is 0.321 e. The van der Waals surface area contributed by atoms with Crippen molar-refractivity contribution in [3.05, 3.63) is 65.6 Å². The Morgan fingerprint density at radius 3 is 2.45 bits per heavy atom. The van der Waals surface area contributed by atoms with E-state index in [9.17, 15) is 9.18 Å². The van der Waals surface area contributed by atoms with Gasteiger partial charge in [0.1, 0.15) is 11.6 Å². The second-order valence-electron chi connectivity index (χ2n) is 7.43. The lowest BCUT2D eigenvalue weighted by Gasteiger charge is -2.35. The first-order valence-corrected chi connectivity index (χ1v) is 10.1. The molecule has 31 heavy (non-hydrogen) atoms. The number of halogens is 1. The summed E-state index contributed by atoms with van der Waals surface area (Å²) in [6, 6.07) is 13.9. The fraction of sp³-hybridized carbons (Fsp3) is 0.273. The van der Waals surface area contributed by atoms with Gasteiger partial charge in [-0.25, -0.2) is 14.2 Å². The molecule has 8 nitrogen and oxygen atoms in total. The Morgan fingerprint density at radius 1 is 0.968 bits per heavy atom. The van der Waals surface area contributed by atoms with E-state index in [4.69, 9.17) is 0 Å². The van der Waals surface area contributed by atoms with Gasteiger partial charge in [0.25, 0.3) is 0 Å². The molecule has 2 N–H and O–H groups in total. The van der Waals surface area contributed by atoms with Crippen molar-refractivity contribution < 1.29 is 9.18 Å². The molecule has 4 rings (SSSR count). The quantitative estimate of drug-likeness (QED) is 0.668. The van der Waals surface area contributed by atoms with E-state index >= 15 is 0 Å². The molecule has 1 saturated heterocycles. The van der Waals surface area contributed by atoms with Gasteiger partial charge in [-0.3, -0.25) is 0 Å². The number of hydrogen-bond acceptors (Lipinski definition) is 6.